The zero-order valence-corrected chi connectivity index (χ0v) is 10.7. The van der Waals surface area contributed by atoms with E-state index in [1.165, 1.54) is 0 Å². The van der Waals surface area contributed by atoms with Gasteiger partial charge in [0.1, 0.15) is 0 Å². The van der Waals surface area contributed by atoms with Crippen LogP contribution in [0.1, 0.15) is 32.6 Å². The summed E-state index contributed by atoms with van der Waals surface area (Å²) in [6.45, 7) is 4.44. The van der Waals surface area contributed by atoms with Crippen LogP contribution in [0.2, 0.25) is 0 Å². The van der Waals surface area contributed by atoms with Crippen molar-refractivity contribution in [2.45, 2.75) is 38.6 Å². The van der Waals surface area contributed by atoms with Crippen molar-refractivity contribution in [2.75, 3.05) is 26.7 Å². The summed E-state index contributed by atoms with van der Waals surface area (Å²) < 4.78 is 0. The summed E-state index contributed by atoms with van der Waals surface area (Å²) in [6.07, 6.45) is 2.89. The van der Waals surface area contributed by atoms with Crippen LogP contribution in [0.4, 0.5) is 0 Å². The Bertz CT molecular complexity index is 279. The molecule has 1 N–H and O–H groups in total. The number of hydrogen-bond acceptors (Lipinski definition) is 3. The van der Waals surface area contributed by atoms with Crippen molar-refractivity contribution in [3.63, 3.8) is 0 Å². The highest BCUT2D eigenvalue weighted by atomic mass is 16.4. The zero-order chi connectivity index (χ0) is 12.8. The molecule has 0 saturated carbocycles. The largest absolute Gasteiger partial charge is 0.481 e. The molecule has 1 aliphatic rings. The van der Waals surface area contributed by atoms with E-state index < -0.39 is 12.0 Å². The molecule has 1 aliphatic heterocycles. The maximum absolute atomic E-state index is 12.1. The van der Waals surface area contributed by atoms with Crippen LogP contribution in [-0.2, 0) is 9.59 Å². The van der Waals surface area contributed by atoms with Gasteiger partial charge in [-0.15, -0.1) is 0 Å². The van der Waals surface area contributed by atoms with Gasteiger partial charge in [0, 0.05) is 20.1 Å². The van der Waals surface area contributed by atoms with Gasteiger partial charge in [-0.25, -0.2) is 0 Å². The molecular weight excluding hydrogens is 220 g/mol. The highest BCUT2D eigenvalue weighted by molar-refractivity contribution is 5.86. The summed E-state index contributed by atoms with van der Waals surface area (Å²) in [6, 6.07) is -0.480. The molecule has 1 rings (SSSR count). The first-order chi connectivity index (χ1) is 8.06. The predicted molar refractivity (Wildman–Crippen MR) is 64.8 cm³/mol. The maximum atomic E-state index is 12.1. The quantitative estimate of drug-likeness (QED) is 0.774. The molecular formula is C12H22N2O3. The lowest BCUT2D eigenvalue weighted by molar-refractivity contribution is -0.144. The second-order valence-corrected chi connectivity index (χ2v) is 4.62. The molecule has 1 amide bonds. The van der Waals surface area contributed by atoms with Gasteiger partial charge in [-0.05, 0) is 19.4 Å². The Kier molecular flexibility index (Phi) is 5.41. The van der Waals surface area contributed by atoms with Gasteiger partial charge in [0.25, 0.3) is 0 Å². The van der Waals surface area contributed by atoms with E-state index in [2.05, 4.69) is 6.92 Å². The van der Waals surface area contributed by atoms with E-state index >= 15 is 0 Å². The molecule has 0 aromatic carbocycles. The standard InChI is InChI=1S/C12H22N2O3/c1-3-4-7-14-8-5-6-13(2)12(17)10(14)9-11(15)16/h10H,3-9H2,1-2H3,(H,15,16). The van der Waals surface area contributed by atoms with Crippen molar-refractivity contribution >= 4 is 11.9 Å². The van der Waals surface area contributed by atoms with Crippen LogP contribution in [0, 0.1) is 0 Å². The number of carbonyl (C=O) groups is 2. The molecule has 0 aromatic rings. The van der Waals surface area contributed by atoms with Crippen molar-refractivity contribution < 1.29 is 14.7 Å². The highest BCUT2D eigenvalue weighted by Crippen LogP contribution is 2.14. The summed E-state index contributed by atoms with van der Waals surface area (Å²) in [5.41, 5.74) is 0. The predicted octanol–water partition coefficient (Wildman–Crippen LogP) is 0.794. The number of aliphatic carboxylic acids is 1. The van der Waals surface area contributed by atoms with Crippen molar-refractivity contribution in [1.82, 2.24) is 9.80 Å². The number of amides is 1. The van der Waals surface area contributed by atoms with E-state index in [0.29, 0.717) is 0 Å². The summed E-state index contributed by atoms with van der Waals surface area (Å²) >= 11 is 0. The lowest BCUT2D eigenvalue weighted by Gasteiger charge is -2.28. The molecule has 1 fully saturated rings. The first-order valence-corrected chi connectivity index (χ1v) is 6.27. The van der Waals surface area contributed by atoms with Gasteiger partial charge in [0.15, 0.2) is 0 Å². The molecule has 0 aromatic heterocycles. The van der Waals surface area contributed by atoms with Crippen molar-refractivity contribution in [3.05, 3.63) is 0 Å². The molecule has 98 valence electrons. The zero-order valence-electron chi connectivity index (χ0n) is 10.7. The third-order valence-electron chi connectivity index (χ3n) is 3.21. The number of likely N-dealkylation sites (N-methyl/N-ethyl adjacent to an activating group) is 1. The third kappa shape index (κ3) is 4.00. The summed E-state index contributed by atoms with van der Waals surface area (Å²) in [5, 5.41) is 8.91. The molecule has 1 atom stereocenters. The number of unbranched alkanes of at least 4 members (excludes halogenated alkanes) is 1. The average molecular weight is 242 g/mol. The van der Waals surface area contributed by atoms with E-state index in [4.69, 9.17) is 5.11 Å². The number of hydrogen-bond donors (Lipinski definition) is 1. The molecule has 0 aliphatic carbocycles. The Hall–Kier alpha value is -1.10. The van der Waals surface area contributed by atoms with Crippen LogP contribution in [0.15, 0.2) is 0 Å². The molecule has 5 heteroatoms. The Balaban J connectivity index is 2.74. The number of rotatable bonds is 5. The van der Waals surface area contributed by atoms with Gasteiger partial charge >= 0.3 is 5.97 Å². The van der Waals surface area contributed by atoms with Crippen molar-refractivity contribution in [3.8, 4) is 0 Å². The van der Waals surface area contributed by atoms with Gasteiger partial charge in [-0.2, -0.15) is 0 Å². The Labute approximate surface area is 102 Å². The normalized spacial score (nSPS) is 22.6. The Morgan fingerprint density at radius 3 is 2.76 bits per heavy atom. The van der Waals surface area contributed by atoms with Crippen molar-refractivity contribution in [2.24, 2.45) is 0 Å². The second kappa shape index (κ2) is 6.59. The topological polar surface area (TPSA) is 60.9 Å². The second-order valence-electron chi connectivity index (χ2n) is 4.62. The Morgan fingerprint density at radius 2 is 2.18 bits per heavy atom. The molecule has 1 unspecified atom stereocenters. The monoisotopic (exact) mass is 242 g/mol. The fourth-order valence-electron chi connectivity index (χ4n) is 2.20. The summed E-state index contributed by atoms with van der Waals surface area (Å²) in [7, 11) is 1.75. The van der Waals surface area contributed by atoms with E-state index in [-0.39, 0.29) is 12.3 Å². The first-order valence-electron chi connectivity index (χ1n) is 6.27. The minimum Gasteiger partial charge on any atom is -0.481 e. The summed E-state index contributed by atoms with van der Waals surface area (Å²) in [4.78, 5) is 26.6. The molecule has 1 saturated heterocycles. The van der Waals surface area contributed by atoms with Crippen LogP contribution in [-0.4, -0.2) is 59.5 Å². The number of nitrogens with zero attached hydrogens (tertiary/aromatic N) is 2. The smallest absolute Gasteiger partial charge is 0.305 e. The average Bonchev–Trinajstić information content (AvgIpc) is 2.40. The van der Waals surface area contributed by atoms with Crippen LogP contribution in [0.25, 0.3) is 0 Å². The fourth-order valence-corrected chi connectivity index (χ4v) is 2.20. The molecule has 17 heavy (non-hydrogen) atoms. The number of carboxylic acid groups (broad SMARTS) is 1. The molecule has 0 spiro atoms. The Morgan fingerprint density at radius 1 is 1.47 bits per heavy atom. The molecule has 5 nitrogen and oxygen atoms in total. The van der Waals surface area contributed by atoms with Gasteiger partial charge < -0.3 is 10.0 Å². The van der Waals surface area contributed by atoms with Crippen LogP contribution < -0.4 is 0 Å². The lowest BCUT2D eigenvalue weighted by atomic mass is 10.1. The molecule has 0 radical (unpaired) electrons. The van der Waals surface area contributed by atoms with Crippen LogP contribution in [0.3, 0.4) is 0 Å². The maximum Gasteiger partial charge on any atom is 0.305 e. The van der Waals surface area contributed by atoms with E-state index in [1.807, 2.05) is 4.90 Å². The van der Waals surface area contributed by atoms with Gasteiger partial charge in [-0.3, -0.25) is 14.5 Å². The SMILES string of the molecule is CCCCN1CCCN(C)C(=O)C1CC(=O)O. The van der Waals surface area contributed by atoms with Crippen molar-refractivity contribution in [1.29, 1.82) is 0 Å². The van der Waals surface area contributed by atoms with E-state index in [9.17, 15) is 9.59 Å². The van der Waals surface area contributed by atoms with E-state index in [1.54, 1.807) is 11.9 Å². The summed E-state index contributed by atoms with van der Waals surface area (Å²) in [5.74, 6) is -0.957. The van der Waals surface area contributed by atoms with Gasteiger partial charge in [0.05, 0.1) is 12.5 Å². The lowest BCUT2D eigenvalue weighted by Crippen LogP contribution is -2.46. The number of carboxylic acids is 1. The van der Waals surface area contributed by atoms with Gasteiger partial charge in [-0.1, -0.05) is 13.3 Å². The highest BCUT2D eigenvalue weighted by Gasteiger charge is 2.32. The van der Waals surface area contributed by atoms with Crippen LogP contribution in [0.5, 0.6) is 0 Å². The third-order valence-corrected chi connectivity index (χ3v) is 3.21. The minimum atomic E-state index is -0.903. The molecule has 1 heterocycles. The number of carbonyl (C=O) groups excluding carboxylic acids is 1. The first kappa shape index (κ1) is 14.0. The van der Waals surface area contributed by atoms with Crippen LogP contribution >= 0.6 is 0 Å². The fraction of sp³-hybridized carbons (Fsp3) is 0.833. The van der Waals surface area contributed by atoms with E-state index in [0.717, 1.165) is 38.9 Å². The van der Waals surface area contributed by atoms with Gasteiger partial charge in [0.2, 0.25) is 5.91 Å². The minimum absolute atomic E-state index is 0.0546. The molecule has 0 bridgehead atoms.